The number of hydrogen-bond donors (Lipinski definition) is 2. The molecule has 3 rings (SSSR count). The zero-order valence-electron chi connectivity index (χ0n) is 14.2. The minimum atomic E-state index is -3.84. The van der Waals surface area contributed by atoms with Crippen LogP contribution in [0, 0.1) is 6.92 Å². The quantitative estimate of drug-likeness (QED) is 0.736. The second-order valence-corrected chi connectivity index (χ2v) is 8.10. The Hall–Kier alpha value is -1.73. The Morgan fingerprint density at radius 2 is 1.72 bits per heavy atom. The zero-order valence-corrected chi connectivity index (χ0v) is 15.0. The van der Waals surface area contributed by atoms with Gasteiger partial charge in [-0.15, -0.1) is 0 Å². The van der Waals surface area contributed by atoms with E-state index in [2.05, 4.69) is 17.4 Å². The van der Waals surface area contributed by atoms with Crippen molar-refractivity contribution in [1.82, 2.24) is 5.32 Å². The molecule has 0 saturated carbocycles. The van der Waals surface area contributed by atoms with Crippen LogP contribution in [0.25, 0.3) is 0 Å². The van der Waals surface area contributed by atoms with Gasteiger partial charge in [-0.3, -0.25) is 4.18 Å². The number of aliphatic hydroxyl groups is 1. The number of aliphatic hydroxyl groups excluding tert-OH is 1. The fourth-order valence-electron chi connectivity index (χ4n) is 3.01. The maximum absolute atomic E-state index is 12.1. The minimum absolute atomic E-state index is 0.101. The Bertz CT molecular complexity index is 793. The van der Waals surface area contributed by atoms with Crippen molar-refractivity contribution in [3.05, 3.63) is 65.2 Å². The first-order chi connectivity index (χ1) is 11.9. The van der Waals surface area contributed by atoms with Crippen molar-refractivity contribution in [2.75, 3.05) is 13.2 Å². The molecule has 5 nitrogen and oxygen atoms in total. The first-order valence-electron chi connectivity index (χ1n) is 8.38. The van der Waals surface area contributed by atoms with E-state index in [-0.39, 0.29) is 17.5 Å². The highest BCUT2D eigenvalue weighted by Gasteiger charge is 2.22. The summed E-state index contributed by atoms with van der Waals surface area (Å²) in [6.45, 7) is 1.92. The lowest BCUT2D eigenvalue weighted by atomic mass is 10.1. The summed E-state index contributed by atoms with van der Waals surface area (Å²) in [7, 11) is -3.84. The van der Waals surface area contributed by atoms with Gasteiger partial charge in [-0.1, -0.05) is 42.0 Å². The second kappa shape index (κ2) is 7.66. The summed E-state index contributed by atoms with van der Waals surface area (Å²) < 4.78 is 29.2. The van der Waals surface area contributed by atoms with E-state index in [0.717, 1.165) is 18.4 Å². The molecule has 2 aromatic carbocycles. The second-order valence-electron chi connectivity index (χ2n) is 6.49. The smallest absolute Gasteiger partial charge is 0.297 e. The molecule has 6 heteroatoms. The molecule has 0 aliphatic heterocycles. The molecule has 1 aliphatic carbocycles. The Morgan fingerprint density at radius 1 is 1.12 bits per heavy atom. The Morgan fingerprint density at radius 3 is 2.32 bits per heavy atom. The van der Waals surface area contributed by atoms with Crippen molar-refractivity contribution in [3.8, 4) is 0 Å². The third-order valence-electron chi connectivity index (χ3n) is 4.42. The monoisotopic (exact) mass is 361 g/mol. The normalized spacial score (nSPS) is 15.9. The SMILES string of the molecule is Cc1ccc(S(=O)(=O)OC[C@H](O)CNC2Cc3ccccc3C2)cc1. The Kier molecular flexibility index (Phi) is 5.54. The number of fused-ring (bicyclic) bond motifs is 1. The fraction of sp³-hybridized carbons (Fsp3) is 0.368. The summed E-state index contributed by atoms with van der Waals surface area (Å²) >= 11 is 0. The molecule has 1 atom stereocenters. The molecule has 0 unspecified atom stereocenters. The van der Waals surface area contributed by atoms with E-state index in [0.29, 0.717) is 6.54 Å². The number of hydrogen-bond acceptors (Lipinski definition) is 5. The summed E-state index contributed by atoms with van der Waals surface area (Å²) in [5.74, 6) is 0. The topological polar surface area (TPSA) is 75.6 Å². The van der Waals surface area contributed by atoms with Crippen molar-refractivity contribution >= 4 is 10.1 Å². The van der Waals surface area contributed by atoms with Gasteiger partial charge in [0.2, 0.25) is 0 Å². The standard InChI is InChI=1S/C19H23NO4S/c1-14-6-8-19(9-7-14)25(22,23)24-13-18(21)12-20-17-10-15-4-2-3-5-16(15)11-17/h2-9,17-18,20-21H,10-13H2,1H3/t18-/m1/s1. The summed E-state index contributed by atoms with van der Waals surface area (Å²) in [4.78, 5) is 0.101. The highest BCUT2D eigenvalue weighted by molar-refractivity contribution is 7.86. The average molecular weight is 361 g/mol. The summed E-state index contributed by atoms with van der Waals surface area (Å²) in [5, 5.41) is 13.3. The number of rotatable bonds is 7. The largest absolute Gasteiger partial charge is 0.389 e. The van der Waals surface area contributed by atoms with Crippen LogP contribution in [0.4, 0.5) is 0 Å². The van der Waals surface area contributed by atoms with E-state index in [1.54, 1.807) is 12.1 Å². The van der Waals surface area contributed by atoms with E-state index < -0.39 is 16.2 Å². The van der Waals surface area contributed by atoms with Crippen LogP contribution in [-0.4, -0.2) is 38.8 Å². The van der Waals surface area contributed by atoms with Crippen LogP contribution in [0.1, 0.15) is 16.7 Å². The highest BCUT2D eigenvalue weighted by atomic mass is 32.2. The van der Waals surface area contributed by atoms with Crippen molar-refractivity contribution < 1.29 is 17.7 Å². The zero-order chi connectivity index (χ0) is 17.9. The van der Waals surface area contributed by atoms with E-state index in [1.165, 1.54) is 23.3 Å². The van der Waals surface area contributed by atoms with Crippen molar-refractivity contribution in [2.24, 2.45) is 0 Å². The van der Waals surface area contributed by atoms with Crippen LogP contribution in [0.2, 0.25) is 0 Å². The van der Waals surface area contributed by atoms with Crippen LogP contribution in [0.15, 0.2) is 53.4 Å². The number of nitrogens with one attached hydrogen (secondary N) is 1. The van der Waals surface area contributed by atoms with Gasteiger partial charge in [0.25, 0.3) is 10.1 Å². The maximum Gasteiger partial charge on any atom is 0.297 e. The van der Waals surface area contributed by atoms with Gasteiger partial charge in [0, 0.05) is 12.6 Å². The van der Waals surface area contributed by atoms with Crippen molar-refractivity contribution in [1.29, 1.82) is 0 Å². The lowest BCUT2D eigenvalue weighted by Crippen LogP contribution is -2.38. The van der Waals surface area contributed by atoms with Gasteiger partial charge in [0.05, 0.1) is 17.6 Å². The molecular formula is C19H23NO4S. The van der Waals surface area contributed by atoms with E-state index in [1.807, 2.05) is 19.1 Å². The molecule has 0 heterocycles. The molecule has 25 heavy (non-hydrogen) atoms. The van der Waals surface area contributed by atoms with Crippen LogP contribution >= 0.6 is 0 Å². The molecule has 0 bridgehead atoms. The number of benzene rings is 2. The molecule has 134 valence electrons. The minimum Gasteiger partial charge on any atom is -0.389 e. The Balaban J connectivity index is 1.45. The first-order valence-corrected chi connectivity index (χ1v) is 9.79. The third-order valence-corrected chi connectivity index (χ3v) is 5.71. The van der Waals surface area contributed by atoms with Crippen LogP contribution in [0.5, 0.6) is 0 Å². The first kappa shape index (κ1) is 18.1. The molecule has 0 fully saturated rings. The van der Waals surface area contributed by atoms with Crippen molar-refractivity contribution in [2.45, 2.75) is 36.8 Å². The van der Waals surface area contributed by atoms with Gasteiger partial charge in [-0.25, -0.2) is 0 Å². The maximum atomic E-state index is 12.1. The van der Waals surface area contributed by atoms with E-state index in [9.17, 15) is 13.5 Å². The van der Waals surface area contributed by atoms with Crippen molar-refractivity contribution in [3.63, 3.8) is 0 Å². The molecule has 0 radical (unpaired) electrons. The third kappa shape index (κ3) is 4.67. The van der Waals surface area contributed by atoms with Gasteiger partial charge in [-0.05, 0) is 43.0 Å². The van der Waals surface area contributed by atoms with Gasteiger partial charge in [0.1, 0.15) is 0 Å². The molecule has 0 saturated heterocycles. The van der Waals surface area contributed by atoms with E-state index >= 15 is 0 Å². The predicted octanol–water partition coefficient (Wildman–Crippen LogP) is 1.82. The van der Waals surface area contributed by atoms with E-state index in [4.69, 9.17) is 4.18 Å². The van der Waals surface area contributed by atoms with Gasteiger partial charge >= 0.3 is 0 Å². The molecular weight excluding hydrogens is 338 g/mol. The average Bonchev–Trinajstić information content (AvgIpc) is 3.01. The van der Waals surface area contributed by atoms with Gasteiger partial charge in [0.15, 0.2) is 0 Å². The Labute approximate surface area is 148 Å². The lowest BCUT2D eigenvalue weighted by Gasteiger charge is -2.16. The predicted molar refractivity (Wildman–Crippen MR) is 96.0 cm³/mol. The molecule has 1 aliphatic rings. The highest BCUT2D eigenvalue weighted by Crippen LogP contribution is 2.21. The van der Waals surface area contributed by atoms with Gasteiger partial charge < -0.3 is 10.4 Å². The fourth-order valence-corrected chi connectivity index (χ4v) is 3.95. The van der Waals surface area contributed by atoms with Gasteiger partial charge in [-0.2, -0.15) is 8.42 Å². The summed E-state index contributed by atoms with van der Waals surface area (Å²) in [6, 6.07) is 15.0. The molecule has 0 spiro atoms. The summed E-state index contributed by atoms with van der Waals surface area (Å²) in [5.41, 5.74) is 3.63. The lowest BCUT2D eigenvalue weighted by molar-refractivity contribution is 0.107. The summed E-state index contributed by atoms with van der Waals surface area (Å²) in [6.07, 6.45) is 0.959. The van der Waals surface area contributed by atoms with Crippen LogP contribution in [0.3, 0.4) is 0 Å². The molecule has 2 aromatic rings. The van der Waals surface area contributed by atoms with Crippen LogP contribution < -0.4 is 5.32 Å². The molecule has 2 N–H and O–H groups in total. The number of aryl methyl sites for hydroxylation is 1. The molecule has 0 aromatic heterocycles. The molecule has 0 amide bonds. The van der Waals surface area contributed by atoms with Crippen LogP contribution in [-0.2, 0) is 27.1 Å².